The van der Waals surface area contributed by atoms with E-state index in [0.29, 0.717) is 6.61 Å². The van der Waals surface area contributed by atoms with Gasteiger partial charge in [0.25, 0.3) is 0 Å². The third kappa shape index (κ3) is 5.25. The highest BCUT2D eigenvalue weighted by Gasteiger charge is 2.35. The topological polar surface area (TPSA) is 30.5 Å². The van der Waals surface area contributed by atoms with Gasteiger partial charge in [-0.25, -0.2) is 0 Å². The van der Waals surface area contributed by atoms with Crippen molar-refractivity contribution in [1.29, 1.82) is 0 Å². The average molecular weight is 257 g/mol. The van der Waals surface area contributed by atoms with Crippen molar-refractivity contribution in [3.05, 3.63) is 0 Å². The molecule has 0 radical (unpaired) electrons. The van der Waals surface area contributed by atoms with Crippen LogP contribution in [0.3, 0.4) is 0 Å². The summed E-state index contributed by atoms with van der Waals surface area (Å²) in [4.78, 5) is 0. The van der Waals surface area contributed by atoms with Crippen LogP contribution in [-0.2, 0) is 9.47 Å². The van der Waals surface area contributed by atoms with Crippen LogP contribution in [0.1, 0.15) is 52.4 Å². The van der Waals surface area contributed by atoms with Crippen LogP contribution in [0.15, 0.2) is 0 Å². The van der Waals surface area contributed by atoms with Crippen LogP contribution in [0.2, 0.25) is 0 Å². The van der Waals surface area contributed by atoms with Crippen LogP contribution in [0, 0.1) is 5.92 Å². The highest BCUT2D eigenvalue weighted by molar-refractivity contribution is 4.89. The fourth-order valence-electron chi connectivity index (χ4n) is 2.82. The second-order valence-corrected chi connectivity index (χ2v) is 5.55. The molecule has 0 aliphatic heterocycles. The first kappa shape index (κ1) is 15.9. The molecule has 18 heavy (non-hydrogen) atoms. The van der Waals surface area contributed by atoms with E-state index in [-0.39, 0.29) is 5.60 Å². The van der Waals surface area contributed by atoms with E-state index in [2.05, 4.69) is 19.2 Å². The van der Waals surface area contributed by atoms with Crippen LogP contribution in [-0.4, -0.2) is 39.0 Å². The first-order valence-corrected chi connectivity index (χ1v) is 7.60. The number of methoxy groups -OCH3 is 1. The van der Waals surface area contributed by atoms with Crippen molar-refractivity contribution in [2.45, 2.75) is 58.0 Å². The first-order valence-electron chi connectivity index (χ1n) is 7.60. The van der Waals surface area contributed by atoms with Gasteiger partial charge in [-0.2, -0.15) is 0 Å². The minimum atomic E-state index is 0.0688. The molecule has 0 amide bonds. The molecule has 0 spiro atoms. The smallest absolute Gasteiger partial charge is 0.0807 e. The zero-order chi connectivity index (χ0) is 13.3. The maximum atomic E-state index is 6.16. The summed E-state index contributed by atoms with van der Waals surface area (Å²) in [7, 11) is 1.74. The molecule has 0 aromatic rings. The molecule has 0 bridgehead atoms. The molecule has 0 aromatic heterocycles. The molecule has 0 atom stereocenters. The van der Waals surface area contributed by atoms with Gasteiger partial charge in [-0.15, -0.1) is 0 Å². The lowest BCUT2D eigenvalue weighted by molar-refractivity contribution is -0.0891. The van der Waals surface area contributed by atoms with Crippen molar-refractivity contribution < 1.29 is 9.47 Å². The van der Waals surface area contributed by atoms with Crippen molar-refractivity contribution >= 4 is 0 Å². The monoisotopic (exact) mass is 257 g/mol. The van der Waals surface area contributed by atoms with Gasteiger partial charge in [0.2, 0.25) is 0 Å². The van der Waals surface area contributed by atoms with Gasteiger partial charge in [0.15, 0.2) is 0 Å². The molecule has 1 saturated carbocycles. The summed E-state index contributed by atoms with van der Waals surface area (Å²) in [6, 6.07) is 0. The predicted molar refractivity (Wildman–Crippen MR) is 76.0 cm³/mol. The maximum Gasteiger partial charge on any atom is 0.0807 e. The van der Waals surface area contributed by atoms with Crippen LogP contribution < -0.4 is 5.32 Å². The summed E-state index contributed by atoms with van der Waals surface area (Å²) in [6.45, 7) is 8.03. The van der Waals surface area contributed by atoms with Crippen molar-refractivity contribution in [3.63, 3.8) is 0 Å². The summed E-state index contributed by atoms with van der Waals surface area (Å²) in [6.07, 6.45) is 7.54. The third-order valence-corrected chi connectivity index (χ3v) is 4.16. The Morgan fingerprint density at radius 3 is 2.44 bits per heavy atom. The number of hydrogen-bond acceptors (Lipinski definition) is 3. The van der Waals surface area contributed by atoms with E-state index in [1.165, 1.54) is 38.5 Å². The van der Waals surface area contributed by atoms with E-state index in [4.69, 9.17) is 9.47 Å². The Hall–Kier alpha value is -0.120. The Kier molecular flexibility index (Phi) is 7.87. The Balaban J connectivity index is 2.41. The zero-order valence-electron chi connectivity index (χ0n) is 12.5. The van der Waals surface area contributed by atoms with Crippen LogP contribution in [0.25, 0.3) is 0 Å². The van der Waals surface area contributed by atoms with E-state index < -0.39 is 0 Å². The van der Waals surface area contributed by atoms with Gasteiger partial charge in [0.1, 0.15) is 0 Å². The predicted octanol–water partition coefficient (Wildman–Crippen LogP) is 2.99. The minimum absolute atomic E-state index is 0.0688. The zero-order valence-corrected chi connectivity index (χ0v) is 12.5. The molecule has 3 nitrogen and oxygen atoms in total. The summed E-state index contributed by atoms with van der Waals surface area (Å²) in [5.41, 5.74) is 0.0688. The van der Waals surface area contributed by atoms with E-state index in [1.54, 1.807) is 7.11 Å². The summed E-state index contributed by atoms with van der Waals surface area (Å²) < 4.78 is 11.3. The van der Waals surface area contributed by atoms with Crippen LogP contribution in [0.4, 0.5) is 0 Å². The second kappa shape index (κ2) is 8.89. The number of rotatable bonds is 9. The number of ether oxygens (including phenoxy) is 2. The van der Waals surface area contributed by atoms with Gasteiger partial charge in [-0.3, -0.25) is 0 Å². The van der Waals surface area contributed by atoms with Crippen molar-refractivity contribution in [2.24, 2.45) is 5.92 Å². The van der Waals surface area contributed by atoms with Gasteiger partial charge in [-0.05, 0) is 44.6 Å². The SMILES string of the molecule is CCCNCC1(OCCOC)CCC(CC)CC1. The molecule has 3 heteroatoms. The molecule has 1 N–H and O–H groups in total. The summed E-state index contributed by atoms with van der Waals surface area (Å²) in [5.74, 6) is 0.912. The molecule has 108 valence electrons. The van der Waals surface area contributed by atoms with Crippen molar-refractivity contribution in [1.82, 2.24) is 5.32 Å². The lowest BCUT2D eigenvalue weighted by Gasteiger charge is -2.40. The molecule has 1 aliphatic rings. The third-order valence-electron chi connectivity index (χ3n) is 4.16. The molecule has 1 aliphatic carbocycles. The largest absolute Gasteiger partial charge is 0.382 e. The first-order chi connectivity index (χ1) is 8.76. The fourth-order valence-corrected chi connectivity index (χ4v) is 2.82. The van der Waals surface area contributed by atoms with Crippen molar-refractivity contribution in [3.8, 4) is 0 Å². The quantitative estimate of drug-likeness (QED) is 0.644. The Bertz CT molecular complexity index is 181. The summed E-state index contributed by atoms with van der Waals surface area (Å²) >= 11 is 0. The molecule has 0 aromatic carbocycles. The van der Waals surface area contributed by atoms with Gasteiger partial charge in [0.05, 0.1) is 18.8 Å². The van der Waals surface area contributed by atoms with Crippen molar-refractivity contribution in [2.75, 3.05) is 33.4 Å². The molecule has 0 heterocycles. The second-order valence-electron chi connectivity index (χ2n) is 5.55. The molecule has 1 rings (SSSR count). The maximum absolute atomic E-state index is 6.16. The van der Waals surface area contributed by atoms with Crippen LogP contribution in [0.5, 0.6) is 0 Å². The summed E-state index contributed by atoms with van der Waals surface area (Å²) in [5, 5.41) is 3.54. The normalized spacial score (nSPS) is 28.5. The molecular formula is C15H31NO2. The van der Waals surface area contributed by atoms with E-state index >= 15 is 0 Å². The van der Waals surface area contributed by atoms with Gasteiger partial charge in [0, 0.05) is 13.7 Å². The molecule has 0 unspecified atom stereocenters. The molecule has 1 fully saturated rings. The van der Waals surface area contributed by atoms with Crippen LogP contribution >= 0.6 is 0 Å². The minimum Gasteiger partial charge on any atom is -0.382 e. The Morgan fingerprint density at radius 1 is 1.17 bits per heavy atom. The average Bonchev–Trinajstić information content (AvgIpc) is 2.40. The van der Waals surface area contributed by atoms with E-state index in [0.717, 1.165) is 25.6 Å². The van der Waals surface area contributed by atoms with Gasteiger partial charge in [-0.1, -0.05) is 20.3 Å². The standard InChI is InChI=1S/C15H31NO2/c1-4-10-16-13-15(18-12-11-17-3)8-6-14(5-2)7-9-15/h14,16H,4-13H2,1-3H3. The lowest BCUT2D eigenvalue weighted by atomic mass is 9.77. The highest BCUT2D eigenvalue weighted by atomic mass is 16.5. The Morgan fingerprint density at radius 2 is 1.89 bits per heavy atom. The Labute approximate surface area is 113 Å². The lowest BCUT2D eigenvalue weighted by Crippen LogP contribution is -2.46. The number of nitrogens with one attached hydrogen (secondary N) is 1. The van der Waals surface area contributed by atoms with Gasteiger partial charge < -0.3 is 14.8 Å². The molecule has 0 saturated heterocycles. The fraction of sp³-hybridized carbons (Fsp3) is 1.00. The van der Waals surface area contributed by atoms with E-state index in [9.17, 15) is 0 Å². The van der Waals surface area contributed by atoms with Gasteiger partial charge >= 0.3 is 0 Å². The number of hydrogen-bond donors (Lipinski definition) is 1. The molecular weight excluding hydrogens is 226 g/mol. The van der Waals surface area contributed by atoms with E-state index in [1.807, 2.05) is 0 Å². The highest BCUT2D eigenvalue weighted by Crippen LogP contribution is 2.35.